The van der Waals surface area contributed by atoms with Crippen LogP contribution in [0.5, 0.6) is 0 Å². The van der Waals surface area contributed by atoms with Crippen LogP contribution in [0, 0.1) is 0 Å². The minimum Gasteiger partial charge on any atom is -0.308 e. The van der Waals surface area contributed by atoms with Gasteiger partial charge in [-0.25, -0.2) is 9.78 Å². The molecule has 0 amide bonds. The number of imidazole rings is 1. The average Bonchev–Trinajstić information content (AvgIpc) is 2.50. The maximum absolute atomic E-state index is 12.0. The number of nitrogens with zero attached hydrogens (tertiary/aromatic N) is 4. The van der Waals surface area contributed by atoms with E-state index >= 15 is 0 Å². The molecule has 2 aromatic rings. The summed E-state index contributed by atoms with van der Waals surface area (Å²) in [7, 11) is 5.76. The maximum Gasteiger partial charge on any atom is 0.330 e. The first-order valence-corrected chi connectivity index (χ1v) is 5.26. The van der Waals surface area contributed by atoms with Crippen LogP contribution < -0.4 is 5.69 Å². The van der Waals surface area contributed by atoms with Gasteiger partial charge in [0.05, 0.1) is 5.52 Å². The van der Waals surface area contributed by atoms with Gasteiger partial charge in [0.2, 0.25) is 0 Å². The Hall–Kier alpha value is -1.62. The molecule has 0 spiro atoms. The molecule has 86 valence electrons. The van der Waals surface area contributed by atoms with Crippen LogP contribution in [-0.2, 0) is 13.6 Å². The highest BCUT2D eigenvalue weighted by Gasteiger charge is 2.10. The first kappa shape index (κ1) is 10.9. The predicted molar refractivity (Wildman–Crippen MR) is 63.5 cm³/mol. The summed E-state index contributed by atoms with van der Waals surface area (Å²) < 4.78 is 3.35. The van der Waals surface area contributed by atoms with Crippen LogP contribution in [-0.4, -0.2) is 39.7 Å². The fourth-order valence-corrected chi connectivity index (χ4v) is 1.73. The Labute approximate surface area is 93.9 Å². The molecule has 5 nitrogen and oxygen atoms in total. The minimum atomic E-state index is -0.00412. The fourth-order valence-electron chi connectivity index (χ4n) is 1.73. The Kier molecular flexibility index (Phi) is 2.78. The standard InChI is InChI=1S/C11H16N4O/c1-13(2)7-8-15-10-9(5-4-6-12-10)14(3)11(15)16/h4-6H,7-8H2,1-3H3. The number of likely N-dealkylation sites (N-methyl/N-ethyl adjacent to an activating group) is 1. The van der Waals surface area contributed by atoms with Crippen molar-refractivity contribution in [3.05, 3.63) is 28.8 Å². The first-order chi connectivity index (χ1) is 7.61. The third-order valence-corrected chi connectivity index (χ3v) is 2.67. The summed E-state index contributed by atoms with van der Waals surface area (Å²) in [6.45, 7) is 1.50. The molecule has 0 aliphatic rings. The van der Waals surface area contributed by atoms with Gasteiger partial charge in [-0.2, -0.15) is 0 Å². The Morgan fingerprint density at radius 2 is 2.19 bits per heavy atom. The second-order valence-corrected chi connectivity index (χ2v) is 4.14. The van der Waals surface area contributed by atoms with Crippen LogP contribution >= 0.6 is 0 Å². The molecular weight excluding hydrogens is 204 g/mol. The van der Waals surface area contributed by atoms with Crippen LogP contribution in [0.25, 0.3) is 11.2 Å². The van der Waals surface area contributed by atoms with E-state index in [1.165, 1.54) is 0 Å². The number of hydrogen-bond donors (Lipinski definition) is 0. The molecule has 5 heteroatoms. The number of pyridine rings is 1. The molecule has 0 radical (unpaired) electrons. The van der Waals surface area contributed by atoms with Crippen LogP contribution in [0.1, 0.15) is 0 Å². The summed E-state index contributed by atoms with van der Waals surface area (Å²) in [5, 5.41) is 0. The van der Waals surface area contributed by atoms with Crippen LogP contribution in [0.15, 0.2) is 23.1 Å². The van der Waals surface area contributed by atoms with Crippen molar-refractivity contribution in [3.8, 4) is 0 Å². The molecule has 0 unspecified atom stereocenters. The average molecular weight is 220 g/mol. The quantitative estimate of drug-likeness (QED) is 0.747. The molecule has 0 fully saturated rings. The first-order valence-electron chi connectivity index (χ1n) is 5.26. The SMILES string of the molecule is CN(C)CCn1c(=O)n(C)c2cccnc21. The number of rotatable bonds is 3. The van der Waals surface area contributed by atoms with Crippen LogP contribution in [0.2, 0.25) is 0 Å². The Bertz CT molecular complexity index is 553. The van der Waals surface area contributed by atoms with Crippen molar-refractivity contribution in [2.75, 3.05) is 20.6 Å². The number of hydrogen-bond acceptors (Lipinski definition) is 3. The van der Waals surface area contributed by atoms with E-state index in [0.29, 0.717) is 6.54 Å². The van der Waals surface area contributed by atoms with Crippen molar-refractivity contribution >= 4 is 11.2 Å². The van der Waals surface area contributed by atoms with Gasteiger partial charge in [0.1, 0.15) is 0 Å². The van der Waals surface area contributed by atoms with Crippen molar-refractivity contribution < 1.29 is 0 Å². The van der Waals surface area contributed by atoms with E-state index in [1.807, 2.05) is 31.1 Å². The largest absolute Gasteiger partial charge is 0.330 e. The van der Waals surface area contributed by atoms with E-state index < -0.39 is 0 Å². The van der Waals surface area contributed by atoms with E-state index in [4.69, 9.17) is 0 Å². The summed E-state index contributed by atoms with van der Waals surface area (Å²) >= 11 is 0. The van der Waals surface area contributed by atoms with Gasteiger partial charge >= 0.3 is 5.69 Å². The smallest absolute Gasteiger partial charge is 0.308 e. The molecule has 0 aliphatic heterocycles. The topological polar surface area (TPSA) is 43.1 Å². The zero-order valence-electron chi connectivity index (χ0n) is 9.84. The normalized spacial score (nSPS) is 11.5. The monoisotopic (exact) mass is 220 g/mol. The molecule has 0 aromatic carbocycles. The van der Waals surface area contributed by atoms with Gasteiger partial charge in [0.25, 0.3) is 0 Å². The lowest BCUT2D eigenvalue weighted by Gasteiger charge is -2.09. The molecule has 2 aromatic heterocycles. The van der Waals surface area contributed by atoms with Gasteiger partial charge in [-0.3, -0.25) is 9.13 Å². The van der Waals surface area contributed by atoms with E-state index in [2.05, 4.69) is 4.98 Å². The summed E-state index contributed by atoms with van der Waals surface area (Å²) in [4.78, 5) is 18.3. The highest BCUT2D eigenvalue weighted by Crippen LogP contribution is 2.07. The second kappa shape index (κ2) is 4.09. The van der Waals surface area contributed by atoms with Gasteiger partial charge < -0.3 is 4.90 Å². The van der Waals surface area contributed by atoms with E-state index in [0.717, 1.165) is 17.7 Å². The van der Waals surface area contributed by atoms with E-state index in [1.54, 1.807) is 22.4 Å². The molecule has 0 N–H and O–H groups in total. The van der Waals surface area contributed by atoms with Gasteiger partial charge in [0, 0.05) is 26.3 Å². The third kappa shape index (κ3) is 1.74. The molecule has 0 aliphatic carbocycles. The highest BCUT2D eigenvalue weighted by molar-refractivity contribution is 5.71. The van der Waals surface area contributed by atoms with Gasteiger partial charge in [-0.1, -0.05) is 0 Å². The molecule has 0 saturated heterocycles. The molecule has 0 bridgehead atoms. The zero-order valence-corrected chi connectivity index (χ0v) is 9.84. The lowest BCUT2D eigenvalue weighted by Crippen LogP contribution is -2.27. The molecule has 2 heterocycles. The van der Waals surface area contributed by atoms with Crippen molar-refractivity contribution in [2.45, 2.75) is 6.54 Å². The third-order valence-electron chi connectivity index (χ3n) is 2.67. The maximum atomic E-state index is 12.0. The molecule has 2 rings (SSSR count). The van der Waals surface area contributed by atoms with Crippen molar-refractivity contribution in [2.24, 2.45) is 7.05 Å². The van der Waals surface area contributed by atoms with Crippen molar-refractivity contribution in [1.82, 2.24) is 19.0 Å². The van der Waals surface area contributed by atoms with E-state index in [9.17, 15) is 4.79 Å². The lowest BCUT2D eigenvalue weighted by atomic mass is 10.4. The molecule has 0 saturated carbocycles. The van der Waals surface area contributed by atoms with E-state index in [-0.39, 0.29) is 5.69 Å². The van der Waals surface area contributed by atoms with Crippen LogP contribution in [0.4, 0.5) is 0 Å². The van der Waals surface area contributed by atoms with Crippen LogP contribution in [0.3, 0.4) is 0 Å². The Morgan fingerprint density at radius 3 is 2.88 bits per heavy atom. The highest BCUT2D eigenvalue weighted by atomic mass is 16.1. The Morgan fingerprint density at radius 1 is 1.44 bits per heavy atom. The fraction of sp³-hybridized carbons (Fsp3) is 0.455. The number of fused-ring (bicyclic) bond motifs is 1. The van der Waals surface area contributed by atoms with Gasteiger partial charge in [-0.05, 0) is 26.2 Å². The number of aromatic nitrogens is 3. The van der Waals surface area contributed by atoms with Crippen molar-refractivity contribution in [3.63, 3.8) is 0 Å². The summed E-state index contributed by atoms with van der Waals surface area (Å²) in [6.07, 6.45) is 1.72. The van der Waals surface area contributed by atoms with Gasteiger partial charge in [-0.15, -0.1) is 0 Å². The molecule has 0 atom stereocenters. The van der Waals surface area contributed by atoms with Crippen molar-refractivity contribution in [1.29, 1.82) is 0 Å². The number of aryl methyl sites for hydroxylation is 1. The minimum absolute atomic E-state index is 0.00412. The summed E-state index contributed by atoms with van der Waals surface area (Å²) in [5.74, 6) is 0. The second-order valence-electron chi connectivity index (χ2n) is 4.14. The molecule has 16 heavy (non-hydrogen) atoms. The lowest BCUT2D eigenvalue weighted by molar-refractivity contribution is 0.382. The molecular formula is C11H16N4O. The predicted octanol–water partition coefficient (Wildman–Crippen LogP) is 0.297. The Balaban J connectivity index is 2.51. The summed E-state index contributed by atoms with van der Waals surface area (Å²) in [6, 6.07) is 3.76. The summed E-state index contributed by atoms with van der Waals surface area (Å²) in [5.41, 5.74) is 1.64. The zero-order chi connectivity index (χ0) is 11.7. The van der Waals surface area contributed by atoms with Gasteiger partial charge in [0.15, 0.2) is 5.65 Å².